The molecular weight excluding hydrogens is 182 g/mol. The van der Waals surface area contributed by atoms with Crippen LogP contribution in [-0.2, 0) is 4.79 Å². The first kappa shape index (κ1) is 7.06. The molecule has 1 N–H and O–H groups in total. The second-order valence-corrected chi connectivity index (χ2v) is 3.14. The van der Waals surface area contributed by atoms with E-state index in [1.54, 1.807) is 0 Å². The van der Waals surface area contributed by atoms with Crippen molar-refractivity contribution in [2.75, 3.05) is 5.33 Å². The molecule has 3 heteroatoms. The fourth-order valence-corrected chi connectivity index (χ4v) is 1.46. The molecular formula is C6H10BrNO. The van der Waals surface area contributed by atoms with Crippen LogP contribution in [0.25, 0.3) is 0 Å². The molecule has 2 atom stereocenters. The van der Waals surface area contributed by atoms with Crippen molar-refractivity contribution in [3.05, 3.63) is 0 Å². The minimum Gasteiger partial charge on any atom is -0.352 e. The molecule has 1 rings (SSSR count). The molecule has 0 radical (unpaired) electrons. The van der Waals surface area contributed by atoms with E-state index >= 15 is 0 Å². The van der Waals surface area contributed by atoms with Crippen LogP contribution in [0.15, 0.2) is 0 Å². The highest BCUT2D eigenvalue weighted by Gasteiger charge is 2.26. The summed E-state index contributed by atoms with van der Waals surface area (Å²) < 4.78 is 0. The number of hydrogen-bond donors (Lipinski definition) is 1. The summed E-state index contributed by atoms with van der Waals surface area (Å²) in [5.74, 6) is 0.409. The maximum atomic E-state index is 10.8. The van der Waals surface area contributed by atoms with Gasteiger partial charge in [-0.3, -0.25) is 4.79 Å². The van der Waals surface area contributed by atoms with Gasteiger partial charge in [0.2, 0.25) is 5.91 Å². The van der Waals surface area contributed by atoms with Gasteiger partial charge < -0.3 is 5.32 Å². The molecule has 1 aliphatic rings. The van der Waals surface area contributed by atoms with Gasteiger partial charge in [0.1, 0.15) is 0 Å². The lowest BCUT2D eigenvalue weighted by Gasteiger charge is -2.01. The Morgan fingerprint density at radius 3 is 2.78 bits per heavy atom. The number of halogens is 1. The fourth-order valence-electron chi connectivity index (χ4n) is 1.04. The molecule has 1 heterocycles. The lowest BCUT2D eigenvalue weighted by atomic mass is 10.1. The highest BCUT2D eigenvalue weighted by atomic mass is 79.9. The van der Waals surface area contributed by atoms with Crippen LogP contribution in [0.4, 0.5) is 0 Å². The zero-order valence-corrected chi connectivity index (χ0v) is 6.94. The minimum absolute atomic E-state index is 0.194. The van der Waals surface area contributed by atoms with E-state index in [0.29, 0.717) is 6.04 Å². The first-order chi connectivity index (χ1) is 4.24. The van der Waals surface area contributed by atoms with Gasteiger partial charge in [0.15, 0.2) is 0 Å². The molecule has 1 amide bonds. The SMILES string of the molecule is C[C@@H]1C[C@H](CBr)NC1=O. The van der Waals surface area contributed by atoms with Crippen molar-refractivity contribution in [3.8, 4) is 0 Å². The van der Waals surface area contributed by atoms with Crippen molar-refractivity contribution in [1.82, 2.24) is 5.32 Å². The predicted molar refractivity (Wildman–Crippen MR) is 39.5 cm³/mol. The van der Waals surface area contributed by atoms with Crippen LogP contribution in [0, 0.1) is 5.92 Å². The topological polar surface area (TPSA) is 29.1 Å². The standard InChI is InChI=1S/C6H10BrNO/c1-4-2-5(3-7)8-6(4)9/h4-5H,2-3H2,1H3,(H,8,9)/t4-,5-/m1/s1. The molecule has 0 unspecified atom stereocenters. The van der Waals surface area contributed by atoms with Gasteiger partial charge in [-0.25, -0.2) is 0 Å². The second kappa shape index (κ2) is 2.69. The van der Waals surface area contributed by atoms with Crippen LogP contribution < -0.4 is 5.32 Å². The van der Waals surface area contributed by atoms with E-state index in [9.17, 15) is 4.79 Å². The van der Waals surface area contributed by atoms with Gasteiger partial charge in [-0.1, -0.05) is 22.9 Å². The van der Waals surface area contributed by atoms with Crippen molar-refractivity contribution >= 4 is 21.8 Å². The van der Waals surface area contributed by atoms with Crippen LogP contribution in [0.1, 0.15) is 13.3 Å². The quantitative estimate of drug-likeness (QED) is 0.614. The molecule has 1 aliphatic heterocycles. The Kier molecular flexibility index (Phi) is 2.11. The maximum Gasteiger partial charge on any atom is 0.223 e. The number of nitrogens with one attached hydrogen (secondary N) is 1. The smallest absolute Gasteiger partial charge is 0.223 e. The van der Waals surface area contributed by atoms with E-state index in [1.165, 1.54) is 0 Å². The number of rotatable bonds is 1. The van der Waals surface area contributed by atoms with E-state index in [1.807, 2.05) is 6.92 Å². The Hall–Kier alpha value is -0.0500. The molecule has 0 aromatic heterocycles. The molecule has 52 valence electrons. The Labute approximate surface area is 63.1 Å². The Bertz CT molecular complexity index is 126. The summed E-state index contributed by atoms with van der Waals surface area (Å²) in [5, 5.41) is 3.75. The van der Waals surface area contributed by atoms with Gasteiger partial charge >= 0.3 is 0 Å². The van der Waals surface area contributed by atoms with Gasteiger partial charge in [-0.15, -0.1) is 0 Å². The van der Waals surface area contributed by atoms with Gasteiger partial charge in [0.25, 0.3) is 0 Å². The summed E-state index contributed by atoms with van der Waals surface area (Å²) in [6, 6.07) is 0.368. The van der Waals surface area contributed by atoms with E-state index < -0.39 is 0 Å². The summed E-state index contributed by atoms with van der Waals surface area (Å²) in [7, 11) is 0. The predicted octanol–water partition coefficient (Wildman–Crippen LogP) is 0.906. The third-order valence-corrected chi connectivity index (χ3v) is 2.40. The lowest BCUT2D eigenvalue weighted by molar-refractivity contribution is -0.122. The Balaban J connectivity index is 2.44. The number of carbonyl (C=O) groups excluding carboxylic acids is 1. The molecule has 9 heavy (non-hydrogen) atoms. The third-order valence-electron chi connectivity index (χ3n) is 1.62. The van der Waals surface area contributed by atoms with Crippen molar-refractivity contribution in [2.45, 2.75) is 19.4 Å². The van der Waals surface area contributed by atoms with Crippen molar-refractivity contribution in [2.24, 2.45) is 5.92 Å². The van der Waals surface area contributed by atoms with Crippen molar-refractivity contribution in [3.63, 3.8) is 0 Å². The Morgan fingerprint density at radius 1 is 1.89 bits per heavy atom. The molecule has 1 fully saturated rings. The summed E-state index contributed by atoms with van der Waals surface area (Å²) >= 11 is 3.32. The number of alkyl halides is 1. The zero-order valence-electron chi connectivity index (χ0n) is 5.36. The number of hydrogen-bond acceptors (Lipinski definition) is 1. The monoisotopic (exact) mass is 191 g/mol. The molecule has 2 nitrogen and oxygen atoms in total. The van der Waals surface area contributed by atoms with Gasteiger partial charge in [0, 0.05) is 17.3 Å². The normalized spacial score (nSPS) is 34.7. The van der Waals surface area contributed by atoms with Crippen LogP contribution in [-0.4, -0.2) is 17.3 Å². The van der Waals surface area contributed by atoms with E-state index in [4.69, 9.17) is 0 Å². The maximum absolute atomic E-state index is 10.8. The molecule has 1 saturated heterocycles. The average Bonchev–Trinajstić information content (AvgIpc) is 2.13. The highest BCUT2D eigenvalue weighted by Crippen LogP contribution is 2.15. The third kappa shape index (κ3) is 1.45. The summed E-state index contributed by atoms with van der Waals surface area (Å²) in [6.45, 7) is 1.96. The summed E-state index contributed by atoms with van der Waals surface area (Å²) in [4.78, 5) is 10.8. The summed E-state index contributed by atoms with van der Waals surface area (Å²) in [6.07, 6.45) is 0.976. The zero-order chi connectivity index (χ0) is 6.85. The molecule has 0 aliphatic carbocycles. The molecule has 0 bridgehead atoms. The minimum atomic E-state index is 0.194. The van der Waals surface area contributed by atoms with Crippen molar-refractivity contribution in [1.29, 1.82) is 0 Å². The average molecular weight is 192 g/mol. The van der Waals surface area contributed by atoms with Gasteiger partial charge in [-0.2, -0.15) is 0 Å². The second-order valence-electron chi connectivity index (χ2n) is 2.50. The number of carbonyl (C=O) groups is 1. The van der Waals surface area contributed by atoms with Crippen LogP contribution in [0.2, 0.25) is 0 Å². The van der Waals surface area contributed by atoms with E-state index in [-0.39, 0.29) is 11.8 Å². The van der Waals surface area contributed by atoms with E-state index in [0.717, 1.165) is 11.8 Å². The largest absolute Gasteiger partial charge is 0.352 e. The molecule has 0 saturated carbocycles. The van der Waals surface area contributed by atoms with Gasteiger partial charge in [-0.05, 0) is 6.42 Å². The summed E-state index contributed by atoms with van der Waals surface area (Å²) in [5.41, 5.74) is 0. The van der Waals surface area contributed by atoms with E-state index in [2.05, 4.69) is 21.2 Å². The molecule has 0 spiro atoms. The fraction of sp³-hybridized carbons (Fsp3) is 0.833. The first-order valence-corrected chi connectivity index (χ1v) is 4.22. The lowest BCUT2D eigenvalue weighted by Crippen LogP contribution is -2.26. The van der Waals surface area contributed by atoms with Crippen LogP contribution in [0.3, 0.4) is 0 Å². The highest BCUT2D eigenvalue weighted by molar-refractivity contribution is 9.09. The van der Waals surface area contributed by atoms with Gasteiger partial charge in [0.05, 0.1) is 0 Å². The first-order valence-electron chi connectivity index (χ1n) is 3.10. The number of amides is 1. The van der Waals surface area contributed by atoms with Crippen LogP contribution in [0.5, 0.6) is 0 Å². The Morgan fingerprint density at radius 2 is 2.56 bits per heavy atom. The molecule has 0 aromatic carbocycles. The van der Waals surface area contributed by atoms with Crippen LogP contribution >= 0.6 is 15.9 Å². The van der Waals surface area contributed by atoms with Crippen molar-refractivity contribution < 1.29 is 4.79 Å². The molecule has 0 aromatic rings.